The molecule has 0 spiro atoms. The maximum Gasteiger partial charge on any atom is 0.256 e. The van der Waals surface area contributed by atoms with Gasteiger partial charge in [-0.3, -0.25) is 9.69 Å². The molecule has 1 N–H and O–H groups in total. The van der Waals surface area contributed by atoms with Crippen LogP contribution in [0, 0.1) is 11.6 Å². The van der Waals surface area contributed by atoms with Crippen LogP contribution in [0.2, 0.25) is 0 Å². The van der Waals surface area contributed by atoms with Crippen LogP contribution in [-0.4, -0.2) is 27.7 Å². The minimum Gasteiger partial charge on any atom is -0.301 e. The topological polar surface area (TPSA) is 49.0 Å². The standard InChI is InChI=1S/C15H15F2N3OS/c1-22-15-18-13-4-5-20(8-11(13)14(21)19-15)7-9-2-3-10(16)6-12(9)17/h2-3,6H,4-5,7-8H2,1H3,(H,18,19,21). The molecule has 0 bridgehead atoms. The highest BCUT2D eigenvalue weighted by atomic mass is 32.2. The molecule has 0 saturated carbocycles. The van der Waals surface area contributed by atoms with Gasteiger partial charge in [0.2, 0.25) is 0 Å². The maximum atomic E-state index is 13.7. The average molecular weight is 323 g/mol. The summed E-state index contributed by atoms with van der Waals surface area (Å²) < 4.78 is 26.7. The molecule has 4 nitrogen and oxygen atoms in total. The third-order valence-corrected chi connectivity index (χ3v) is 4.31. The van der Waals surface area contributed by atoms with Gasteiger partial charge in [0.25, 0.3) is 5.56 Å². The molecule has 1 aromatic heterocycles. The second-order valence-corrected chi connectivity index (χ2v) is 5.99. The van der Waals surface area contributed by atoms with Gasteiger partial charge in [0.15, 0.2) is 5.16 Å². The molecular formula is C15H15F2N3OS. The molecule has 0 unspecified atom stereocenters. The summed E-state index contributed by atoms with van der Waals surface area (Å²) in [6.45, 7) is 1.45. The first-order valence-corrected chi connectivity index (χ1v) is 8.11. The van der Waals surface area contributed by atoms with Gasteiger partial charge in [0.1, 0.15) is 11.6 Å². The smallest absolute Gasteiger partial charge is 0.256 e. The van der Waals surface area contributed by atoms with Crippen molar-refractivity contribution >= 4 is 11.8 Å². The van der Waals surface area contributed by atoms with Gasteiger partial charge in [0, 0.05) is 37.7 Å². The quantitative estimate of drug-likeness (QED) is 0.696. The van der Waals surface area contributed by atoms with Crippen LogP contribution in [0.15, 0.2) is 28.2 Å². The summed E-state index contributed by atoms with van der Waals surface area (Å²) in [7, 11) is 0. The Morgan fingerprint density at radius 3 is 2.95 bits per heavy atom. The van der Waals surface area contributed by atoms with E-state index >= 15 is 0 Å². The number of aromatic nitrogens is 2. The molecule has 1 aliphatic rings. The summed E-state index contributed by atoms with van der Waals surface area (Å²) in [6, 6.07) is 3.57. The summed E-state index contributed by atoms with van der Waals surface area (Å²) in [5.41, 5.74) is 1.73. The summed E-state index contributed by atoms with van der Waals surface area (Å²) in [6.07, 6.45) is 2.51. The van der Waals surface area contributed by atoms with E-state index in [1.54, 1.807) is 0 Å². The Morgan fingerprint density at radius 1 is 1.41 bits per heavy atom. The molecule has 116 valence electrons. The molecule has 0 atom stereocenters. The molecule has 2 aromatic rings. The average Bonchev–Trinajstić information content (AvgIpc) is 2.50. The van der Waals surface area contributed by atoms with Gasteiger partial charge in [0.05, 0.1) is 11.3 Å². The first-order chi connectivity index (χ1) is 10.6. The van der Waals surface area contributed by atoms with E-state index in [0.717, 1.165) is 11.8 Å². The van der Waals surface area contributed by atoms with Crippen LogP contribution in [0.25, 0.3) is 0 Å². The summed E-state index contributed by atoms with van der Waals surface area (Å²) in [5, 5.41) is 0.613. The number of hydrogen-bond donors (Lipinski definition) is 1. The number of rotatable bonds is 3. The van der Waals surface area contributed by atoms with Crippen molar-refractivity contribution < 1.29 is 8.78 Å². The van der Waals surface area contributed by atoms with Gasteiger partial charge in [-0.2, -0.15) is 0 Å². The van der Waals surface area contributed by atoms with Crippen LogP contribution in [0.1, 0.15) is 16.8 Å². The lowest BCUT2D eigenvalue weighted by molar-refractivity contribution is 0.237. The van der Waals surface area contributed by atoms with Gasteiger partial charge in [-0.05, 0) is 12.3 Å². The lowest BCUT2D eigenvalue weighted by atomic mass is 10.1. The van der Waals surface area contributed by atoms with E-state index in [0.29, 0.717) is 42.3 Å². The lowest BCUT2D eigenvalue weighted by Crippen LogP contribution is -2.35. The number of hydrogen-bond acceptors (Lipinski definition) is 4. The second kappa shape index (κ2) is 6.18. The van der Waals surface area contributed by atoms with Gasteiger partial charge < -0.3 is 4.98 Å². The van der Waals surface area contributed by atoms with Gasteiger partial charge in [-0.1, -0.05) is 17.8 Å². The van der Waals surface area contributed by atoms with Crippen molar-refractivity contribution in [2.45, 2.75) is 24.7 Å². The van der Waals surface area contributed by atoms with Crippen molar-refractivity contribution in [2.24, 2.45) is 0 Å². The van der Waals surface area contributed by atoms with E-state index in [2.05, 4.69) is 9.97 Å². The van der Waals surface area contributed by atoms with E-state index < -0.39 is 11.6 Å². The third kappa shape index (κ3) is 3.05. The first kappa shape index (κ1) is 15.2. The van der Waals surface area contributed by atoms with E-state index in [9.17, 15) is 13.6 Å². The van der Waals surface area contributed by atoms with Gasteiger partial charge in [-0.25, -0.2) is 13.8 Å². The zero-order valence-corrected chi connectivity index (χ0v) is 12.8. The highest BCUT2D eigenvalue weighted by Crippen LogP contribution is 2.19. The number of fused-ring (bicyclic) bond motifs is 1. The molecule has 0 fully saturated rings. The van der Waals surface area contributed by atoms with Crippen LogP contribution in [0.3, 0.4) is 0 Å². The van der Waals surface area contributed by atoms with Gasteiger partial charge >= 0.3 is 0 Å². The Kier molecular flexibility index (Phi) is 4.26. The molecule has 0 radical (unpaired) electrons. The molecule has 7 heteroatoms. The number of nitrogens with one attached hydrogen (secondary N) is 1. The van der Waals surface area contributed by atoms with E-state index in [1.807, 2.05) is 11.2 Å². The van der Waals surface area contributed by atoms with Crippen molar-refractivity contribution in [2.75, 3.05) is 12.8 Å². The van der Waals surface area contributed by atoms with Crippen molar-refractivity contribution in [3.05, 3.63) is 57.0 Å². The zero-order chi connectivity index (χ0) is 15.7. The molecule has 0 aliphatic carbocycles. The van der Waals surface area contributed by atoms with Crippen molar-refractivity contribution in [3.63, 3.8) is 0 Å². The van der Waals surface area contributed by atoms with Crippen LogP contribution in [-0.2, 0) is 19.5 Å². The minimum atomic E-state index is -0.588. The number of aromatic amines is 1. The minimum absolute atomic E-state index is 0.140. The molecule has 1 aromatic carbocycles. The van der Waals surface area contributed by atoms with Crippen molar-refractivity contribution in [1.29, 1.82) is 0 Å². The fourth-order valence-corrected chi connectivity index (χ4v) is 2.98. The van der Waals surface area contributed by atoms with Crippen LogP contribution < -0.4 is 5.56 Å². The highest BCUT2D eigenvalue weighted by Gasteiger charge is 2.22. The Bertz CT molecular complexity index is 763. The van der Waals surface area contributed by atoms with E-state index in [4.69, 9.17) is 0 Å². The number of H-pyrrole nitrogens is 1. The van der Waals surface area contributed by atoms with E-state index in [-0.39, 0.29) is 5.56 Å². The zero-order valence-electron chi connectivity index (χ0n) is 12.0. The molecule has 3 rings (SSSR count). The van der Waals surface area contributed by atoms with Crippen LogP contribution in [0.4, 0.5) is 8.78 Å². The molecule has 0 saturated heterocycles. The normalized spacial score (nSPS) is 14.9. The number of benzene rings is 1. The predicted molar refractivity (Wildman–Crippen MR) is 80.8 cm³/mol. The monoisotopic (exact) mass is 323 g/mol. The van der Waals surface area contributed by atoms with Crippen molar-refractivity contribution in [3.8, 4) is 0 Å². The van der Waals surface area contributed by atoms with E-state index in [1.165, 1.54) is 23.9 Å². The largest absolute Gasteiger partial charge is 0.301 e. The SMILES string of the molecule is CSc1nc2c(c(=O)[nH]1)CN(Cc1ccc(F)cc1F)CC2. The number of nitrogens with zero attached hydrogens (tertiary/aromatic N) is 2. The fourth-order valence-electron chi connectivity index (χ4n) is 2.58. The van der Waals surface area contributed by atoms with Crippen molar-refractivity contribution in [1.82, 2.24) is 14.9 Å². The molecule has 1 aliphatic heterocycles. The Morgan fingerprint density at radius 2 is 2.23 bits per heavy atom. The number of thioether (sulfide) groups is 1. The Labute approximate surface area is 130 Å². The highest BCUT2D eigenvalue weighted by molar-refractivity contribution is 7.98. The summed E-state index contributed by atoms with van der Waals surface area (Å²) >= 11 is 1.40. The molecular weight excluding hydrogens is 308 g/mol. The lowest BCUT2D eigenvalue weighted by Gasteiger charge is -2.27. The molecule has 0 amide bonds. The fraction of sp³-hybridized carbons (Fsp3) is 0.333. The molecule has 2 heterocycles. The number of halogens is 2. The summed E-state index contributed by atoms with van der Waals surface area (Å²) in [4.78, 5) is 21.2. The van der Waals surface area contributed by atoms with Gasteiger partial charge in [-0.15, -0.1) is 0 Å². The Balaban J connectivity index is 1.81. The Hall–Kier alpha value is -1.73. The predicted octanol–water partition coefficient (Wildman–Crippen LogP) is 2.33. The van der Waals surface area contributed by atoms with Crippen LogP contribution >= 0.6 is 11.8 Å². The molecule has 22 heavy (non-hydrogen) atoms. The summed E-state index contributed by atoms with van der Waals surface area (Å²) in [5.74, 6) is -1.15. The second-order valence-electron chi connectivity index (χ2n) is 5.20. The third-order valence-electron chi connectivity index (χ3n) is 3.73. The maximum absolute atomic E-state index is 13.7. The van der Waals surface area contributed by atoms with Crippen LogP contribution in [0.5, 0.6) is 0 Å². The first-order valence-electron chi connectivity index (χ1n) is 6.89.